The fourth-order valence-electron chi connectivity index (χ4n) is 2.34. The molecule has 0 aliphatic carbocycles. The third kappa shape index (κ3) is 4.44. The molecule has 0 amide bonds. The molecule has 7 heteroatoms. The predicted molar refractivity (Wildman–Crippen MR) is 79.9 cm³/mol. The molecule has 0 aromatic heterocycles. The lowest BCUT2D eigenvalue weighted by atomic mass is 10.3. The summed E-state index contributed by atoms with van der Waals surface area (Å²) < 4.78 is 26.5. The topological polar surface area (TPSA) is 86.7 Å². The van der Waals surface area contributed by atoms with Gasteiger partial charge < -0.3 is 10.0 Å². The maximum absolute atomic E-state index is 12.0. The Hall–Kier alpha value is -1.60. The van der Waals surface area contributed by atoms with Crippen LogP contribution >= 0.6 is 0 Å². The Bertz CT molecular complexity index is 577. The van der Waals surface area contributed by atoms with Crippen molar-refractivity contribution >= 4 is 21.7 Å². The number of carboxylic acid groups (broad SMARTS) is 1. The van der Waals surface area contributed by atoms with Gasteiger partial charge in [0.1, 0.15) is 0 Å². The Morgan fingerprint density at radius 1 is 1.19 bits per heavy atom. The molecule has 0 atom stereocenters. The lowest BCUT2D eigenvalue weighted by Gasteiger charge is -2.17. The van der Waals surface area contributed by atoms with Gasteiger partial charge in [0.15, 0.2) is 0 Å². The second kappa shape index (κ2) is 6.91. The van der Waals surface area contributed by atoms with Crippen LogP contribution in [0.4, 0.5) is 5.69 Å². The van der Waals surface area contributed by atoms with E-state index < -0.39 is 16.0 Å². The van der Waals surface area contributed by atoms with Gasteiger partial charge in [-0.2, -0.15) is 0 Å². The summed E-state index contributed by atoms with van der Waals surface area (Å²) in [6.07, 6.45) is 2.58. The maximum Gasteiger partial charge on any atom is 0.303 e. The highest BCUT2D eigenvalue weighted by Gasteiger charge is 2.16. The van der Waals surface area contributed by atoms with Crippen LogP contribution in [-0.4, -0.2) is 39.1 Å². The van der Waals surface area contributed by atoms with Gasteiger partial charge in [-0.25, -0.2) is 13.1 Å². The number of carbonyl (C=O) groups is 1. The molecule has 1 fully saturated rings. The summed E-state index contributed by atoms with van der Waals surface area (Å²) in [6.45, 7) is 2.15. The number of rotatable bonds is 7. The first-order valence-electron chi connectivity index (χ1n) is 7.05. The van der Waals surface area contributed by atoms with E-state index in [4.69, 9.17) is 5.11 Å². The summed E-state index contributed by atoms with van der Waals surface area (Å²) in [4.78, 5) is 12.8. The van der Waals surface area contributed by atoms with Crippen molar-refractivity contribution in [1.29, 1.82) is 0 Å². The van der Waals surface area contributed by atoms with Crippen molar-refractivity contribution in [3.05, 3.63) is 24.3 Å². The monoisotopic (exact) mass is 312 g/mol. The number of nitrogens with one attached hydrogen (secondary N) is 1. The molecule has 0 bridgehead atoms. The highest BCUT2D eigenvalue weighted by atomic mass is 32.2. The quantitative estimate of drug-likeness (QED) is 0.744. The van der Waals surface area contributed by atoms with Gasteiger partial charge in [-0.3, -0.25) is 4.79 Å². The molecule has 1 saturated heterocycles. The van der Waals surface area contributed by atoms with Crippen LogP contribution in [0.1, 0.15) is 25.7 Å². The van der Waals surface area contributed by atoms with Crippen LogP contribution in [0.2, 0.25) is 0 Å². The Labute approximate surface area is 124 Å². The summed E-state index contributed by atoms with van der Waals surface area (Å²) >= 11 is 0. The predicted octanol–water partition coefficient (Wildman–Crippen LogP) is 1.43. The average Bonchev–Trinajstić information content (AvgIpc) is 2.98. The van der Waals surface area contributed by atoms with Crippen LogP contribution in [0.5, 0.6) is 0 Å². The van der Waals surface area contributed by atoms with E-state index in [2.05, 4.69) is 9.62 Å². The Balaban J connectivity index is 1.94. The fourth-order valence-corrected chi connectivity index (χ4v) is 3.42. The van der Waals surface area contributed by atoms with E-state index >= 15 is 0 Å². The Kier molecular flexibility index (Phi) is 5.19. The van der Waals surface area contributed by atoms with Gasteiger partial charge >= 0.3 is 5.97 Å². The number of benzene rings is 1. The number of nitrogens with zero attached hydrogens (tertiary/aromatic N) is 1. The second-order valence-corrected chi connectivity index (χ2v) is 6.85. The molecular weight excluding hydrogens is 292 g/mol. The zero-order chi connectivity index (χ0) is 15.3. The van der Waals surface area contributed by atoms with Crippen molar-refractivity contribution in [3.63, 3.8) is 0 Å². The van der Waals surface area contributed by atoms with Gasteiger partial charge in [-0.05, 0) is 43.5 Å². The molecule has 116 valence electrons. The fraction of sp³-hybridized carbons (Fsp3) is 0.500. The van der Waals surface area contributed by atoms with Crippen LogP contribution in [0.15, 0.2) is 29.2 Å². The average molecular weight is 312 g/mol. The summed E-state index contributed by atoms with van der Waals surface area (Å²) in [5.41, 5.74) is 1.04. The molecule has 0 saturated carbocycles. The first-order valence-corrected chi connectivity index (χ1v) is 8.54. The van der Waals surface area contributed by atoms with Gasteiger partial charge in [0.05, 0.1) is 4.90 Å². The van der Waals surface area contributed by atoms with Crippen molar-refractivity contribution in [2.75, 3.05) is 24.5 Å². The summed E-state index contributed by atoms with van der Waals surface area (Å²) in [5, 5.41) is 8.51. The minimum absolute atomic E-state index is 0.0452. The highest BCUT2D eigenvalue weighted by Crippen LogP contribution is 2.21. The van der Waals surface area contributed by atoms with E-state index in [9.17, 15) is 13.2 Å². The van der Waals surface area contributed by atoms with Crippen LogP contribution in [0, 0.1) is 0 Å². The Morgan fingerprint density at radius 2 is 1.81 bits per heavy atom. The van der Waals surface area contributed by atoms with E-state index in [0.717, 1.165) is 18.8 Å². The highest BCUT2D eigenvalue weighted by molar-refractivity contribution is 7.89. The minimum Gasteiger partial charge on any atom is -0.481 e. The number of hydrogen-bond acceptors (Lipinski definition) is 4. The first-order chi connectivity index (χ1) is 9.99. The SMILES string of the molecule is O=C(O)CCCNS(=O)(=O)c1ccc(N2CCCC2)cc1. The number of sulfonamides is 1. The molecule has 1 aromatic carbocycles. The molecule has 0 unspecified atom stereocenters. The Morgan fingerprint density at radius 3 is 2.38 bits per heavy atom. The van der Waals surface area contributed by atoms with Crippen molar-refractivity contribution < 1.29 is 18.3 Å². The van der Waals surface area contributed by atoms with E-state index in [1.54, 1.807) is 12.1 Å². The first kappa shape index (κ1) is 15.8. The molecule has 1 aromatic rings. The van der Waals surface area contributed by atoms with Crippen molar-refractivity contribution in [3.8, 4) is 0 Å². The lowest BCUT2D eigenvalue weighted by Crippen LogP contribution is -2.25. The van der Waals surface area contributed by atoms with E-state index in [-0.39, 0.29) is 24.3 Å². The maximum atomic E-state index is 12.0. The van der Waals surface area contributed by atoms with Crippen LogP contribution in [0.3, 0.4) is 0 Å². The smallest absolute Gasteiger partial charge is 0.303 e. The number of hydrogen-bond donors (Lipinski definition) is 2. The summed E-state index contributed by atoms with van der Waals surface area (Å²) in [6, 6.07) is 6.81. The van der Waals surface area contributed by atoms with Crippen molar-refractivity contribution in [2.24, 2.45) is 0 Å². The summed E-state index contributed by atoms with van der Waals surface area (Å²) in [5.74, 6) is -0.927. The van der Waals surface area contributed by atoms with Gasteiger partial charge in [0.2, 0.25) is 10.0 Å². The largest absolute Gasteiger partial charge is 0.481 e. The molecule has 6 nitrogen and oxygen atoms in total. The van der Waals surface area contributed by atoms with Gasteiger partial charge in [-0.1, -0.05) is 0 Å². The third-order valence-corrected chi connectivity index (χ3v) is 4.95. The third-order valence-electron chi connectivity index (χ3n) is 3.48. The number of anilines is 1. The zero-order valence-electron chi connectivity index (χ0n) is 11.8. The van der Waals surface area contributed by atoms with Crippen molar-refractivity contribution in [2.45, 2.75) is 30.6 Å². The normalized spacial score (nSPS) is 15.3. The van der Waals surface area contributed by atoms with Gasteiger partial charge in [-0.15, -0.1) is 0 Å². The minimum atomic E-state index is -3.56. The molecule has 1 aliphatic heterocycles. The van der Waals surface area contributed by atoms with Crippen LogP contribution < -0.4 is 9.62 Å². The zero-order valence-corrected chi connectivity index (χ0v) is 12.6. The van der Waals surface area contributed by atoms with Crippen LogP contribution in [0.25, 0.3) is 0 Å². The lowest BCUT2D eigenvalue weighted by molar-refractivity contribution is -0.137. The van der Waals surface area contributed by atoms with Gasteiger partial charge in [0, 0.05) is 31.7 Å². The molecule has 1 heterocycles. The van der Waals surface area contributed by atoms with Gasteiger partial charge in [0.25, 0.3) is 0 Å². The molecule has 1 aliphatic rings. The van der Waals surface area contributed by atoms with E-state index in [0.29, 0.717) is 0 Å². The van der Waals surface area contributed by atoms with Crippen molar-refractivity contribution in [1.82, 2.24) is 4.72 Å². The number of carboxylic acids is 1. The molecule has 2 rings (SSSR count). The standard InChI is InChI=1S/C14H20N2O4S/c17-14(18)4-3-9-15-21(19,20)13-7-5-12(6-8-13)16-10-1-2-11-16/h5-8,15H,1-4,9-11H2,(H,17,18). The molecule has 2 N–H and O–H groups in total. The summed E-state index contributed by atoms with van der Waals surface area (Å²) in [7, 11) is -3.56. The number of aliphatic carboxylic acids is 1. The molecule has 0 spiro atoms. The molecule has 21 heavy (non-hydrogen) atoms. The molecule has 0 radical (unpaired) electrons. The van der Waals surface area contributed by atoms with E-state index in [1.165, 1.54) is 12.8 Å². The van der Waals surface area contributed by atoms with E-state index in [1.807, 2.05) is 12.1 Å². The van der Waals surface area contributed by atoms with Crippen LogP contribution in [-0.2, 0) is 14.8 Å². The molecular formula is C14H20N2O4S. The second-order valence-electron chi connectivity index (χ2n) is 5.08.